The average Bonchev–Trinajstić information content (AvgIpc) is 2.55. The quantitative estimate of drug-likeness (QED) is 0.677. The number of rotatable bonds is 4. The Labute approximate surface area is 133 Å². The fraction of sp³-hybridized carbons (Fsp3) is 0.467. The number of piperidine rings is 1. The van der Waals surface area contributed by atoms with E-state index in [0.29, 0.717) is 38.2 Å². The zero-order chi connectivity index (χ0) is 16.8. The number of nitro benzene ring substituents is 1. The van der Waals surface area contributed by atoms with Crippen molar-refractivity contribution in [3.8, 4) is 0 Å². The number of hydrogen-bond donors (Lipinski definition) is 1. The largest absolute Gasteiger partial charge is 0.450 e. The van der Waals surface area contributed by atoms with Crippen molar-refractivity contribution < 1.29 is 19.2 Å². The molecule has 0 aliphatic carbocycles. The Hall–Kier alpha value is -2.64. The molecule has 1 fully saturated rings. The van der Waals surface area contributed by atoms with Gasteiger partial charge in [0, 0.05) is 36.8 Å². The lowest BCUT2D eigenvalue weighted by Crippen LogP contribution is -2.41. The van der Waals surface area contributed by atoms with E-state index in [1.807, 2.05) is 0 Å². The van der Waals surface area contributed by atoms with Crippen molar-refractivity contribution in [3.05, 3.63) is 34.4 Å². The summed E-state index contributed by atoms with van der Waals surface area (Å²) in [5.41, 5.74) is 0.331. The van der Waals surface area contributed by atoms with Gasteiger partial charge < -0.3 is 15.0 Å². The number of ether oxygens (including phenoxy) is 1. The number of carbonyl (C=O) groups excluding carboxylic acids is 2. The minimum absolute atomic E-state index is 0.0695. The Bertz CT molecular complexity index is 597. The molecule has 8 nitrogen and oxygen atoms in total. The highest BCUT2D eigenvalue weighted by Crippen LogP contribution is 2.22. The Morgan fingerprint density at radius 3 is 2.70 bits per heavy atom. The van der Waals surface area contributed by atoms with Crippen molar-refractivity contribution in [3.63, 3.8) is 0 Å². The number of benzene rings is 1. The summed E-state index contributed by atoms with van der Waals surface area (Å²) < 4.78 is 4.93. The molecular formula is C15H19N3O5. The van der Waals surface area contributed by atoms with Crippen molar-refractivity contribution >= 4 is 23.4 Å². The van der Waals surface area contributed by atoms with Gasteiger partial charge in [-0.25, -0.2) is 4.79 Å². The molecule has 2 rings (SSSR count). The second-order valence-corrected chi connectivity index (χ2v) is 5.26. The van der Waals surface area contributed by atoms with Gasteiger partial charge in [-0.3, -0.25) is 14.9 Å². The van der Waals surface area contributed by atoms with Gasteiger partial charge in [-0.2, -0.15) is 0 Å². The normalized spacial score (nSPS) is 15.1. The van der Waals surface area contributed by atoms with Crippen LogP contribution in [0.15, 0.2) is 24.3 Å². The Morgan fingerprint density at radius 1 is 1.39 bits per heavy atom. The van der Waals surface area contributed by atoms with Gasteiger partial charge >= 0.3 is 6.09 Å². The zero-order valence-electron chi connectivity index (χ0n) is 12.9. The van der Waals surface area contributed by atoms with E-state index in [-0.39, 0.29) is 23.6 Å². The number of nitrogens with zero attached hydrogens (tertiary/aromatic N) is 2. The van der Waals surface area contributed by atoms with Gasteiger partial charge in [0.15, 0.2) is 0 Å². The van der Waals surface area contributed by atoms with Crippen LogP contribution in [0.2, 0.25) is 0 Å². The monoisotopic (exact) mass is 321 g/mol. The van der Waals surface area contributed by atoms with Crippen molar-refractivity contribution in [2.75, 3.05) is 25.0 Å². The first-order valence-corrected chi connectivity index (χ1v) is 7.48. The summed E-state index contributed by atoms with van der Waals surface area (Å²) in [5, 5.41) is 13.4. The molecule has 1 N–H and O–H groups in total. The summed E-state index contributed by atoms with van der Waals surface area (Å²) in [6, 6.07) is 5.83. The lowest BCUT2D eigenvalue weighted by atomic mass is 9.96. The predicted octanol–water partition coefficient (Wildman–Crippen LogP) is 2.40. The maximum Gasteiger partial charge on any atom is 0.409 e. The maximum absolute atomic E-state index is 12.2. The molecule has 124 valence electrons. The van der Waals surface area contributed by atoms with Gasteiger partial charge in [-0.05, 0) is 25.8 Å². The topological polar surface area (TPSA) is 102 Å². The van der Waals surface area contributed by atoms with Gasteiger partial charge in [0.25, 0.3) is 5.69 Å². The van der Waals surface area contributed by atoms with E-state index in [1.54, 1.807) is 17.9 Å². The Kier molecular flexibility index (Phi) is 5.51. The van der Waals surface area contributed by atoms with Crippen LogP contribution in [0.3, 0.4) is 0 Å². The Morgan fingerprint density at radius 2 is 2.09 bits per heavy atom. The fourth-order valence-corrected chi connectivity index (χ4v) is 2.48. The fourth-order valence-electron chi connectivity index (χ4n) is 2.48. The molecule has 0 bridgehead atoms. The van der Waals surface area contributed by atoms with E-state index in [2.05, 4.69) is 5.32 Å². The lowest BCUT2D eigenvalue weighted by Gasteiger charge is -2.30. The highest BCUT2D eigenvalue weighted by Gasteiger charge is 2.28. The molecule has 1 heterocycles. The van der Waals surface area contributed by atoms with E-state index in [4.69, 9.17) is 4.74 Å². The molecule has 0 atom stereocenters. The number of nitrogens with one attached hydrogen (secondary N) is 1. The molecule has 1 saturated heterocycles. The van der Waals surface area contributed by atoms with Crippen LogP contribution >= 0.6 is 0 Å². The van der Waals surface area contributed by atoms with Gasteiger partial charge in [0.05, 0.1) is 11.5 Å². The van der Waals surface area contributed by atoms with Crippen LogP contribution in [0.4, 0.5) is 16.2 Å². The van der Waals surface area contributed by atoms with Crippen molar-refractivity contribution in [1.82, 2.24) is 4.90 Å². The highest BCUT2D eigenvalue weighted by atomic mass is 16.6. The summed E-state index contributed by atoms with van der Waals surface area (Å²) in [6.07, 6.45) is 0.726. The summed E-state index contributed by atoms with van der Waals surface area (Å²) >= 11 is 0. The first-order chi connectivity index (χ1) is 11.0. The average molecular weight is 321 g/mol. The molecule has 0 spiro atoms. The van der Waals surface area contributed by atoms with E-state index >= 15 is 0 Å². The van der Waals surface area contributed by atoms with Crippen LogP contribution in [0.5, 0.6) is 0 Å². The third-order valence-corrected chi connectivity index (χ3v) is 3.72. The van der Waals surface area contributed by atoms with E-state index in [9.17, 15) is 19.7 Å². The van der Waals surface area contributed by atoms with Crippen LogP contribution in [-0.4, -0.2) is 41.5 Å². The third-order valence-electron chi connectivity index (χ3n) is 3.72. The summed E-state index contributed by atoms with van der Waals surface area (Å²) in [7, 11) is 0. The second kappa shape index (κ2) is 7.57. The van der Waals surface area contributed by atoms with E-state index in [1.165, 1.54) is 18.2 Å². The van der Waals surface area contributed by atoms with Crippen LogP contribution < -0.4 is 5.32 Å². The van der Waals surface area contributed by atoms with Crippen molar-refractivity contribution in [2.24, 2.45) is 5.92 Å². The maximum atomic E-state index is 12.2. The molecule has 8 heteroatoms. The number of likely N-dealkylation sites (tertiary alicyclic amines) is 1. The summed E-state index contributed by atoms with van der Waals surface area (Å²) in [4.78, 5) is 35.7. The molecule has 0 unspecified atom stereocenters. The first kappa shape index (κ1) is 16.7. The van der Waals surface area contributed by atoms with Gasteiger partial charge in [0.2, 0.25) is 5.91 Å². The van der Waals surface area contributed by atoms with Crippen LogP contribution in [0, 0.1) is 16.0 Å². The number of anilines is 1. The summed E-state index contributed by atoms with van der Waals surface area (Å²) in [6.45, 7) is 3.00. The molecule has 23 heavy (non-hydrogen) atoms. The molecule has 1 aromatic carbocycles. The minimum atomic E-state index is -0.506. The number of non-ortho nitro benzene ring substituents is 1. The van der Waals surface area contributed by atoms with Crippen LogP contribution in [0.25, 0.3) is 0 Å². The Balaban J connectivity index is 1.89. The molecule has 1 aliphatic heterocycles. The van der Waals surface area contributed by atoms with Crippen LogP contribution in [-0.2, 0) is 9.53 Å². The van der Waals surface area contributed by atoms with Crippen molar-refractivity contribution in [1.29, 1.82) is 0 Å². The number of hydrogen-bond acceptors (Lipinski definition) is 5. The van der Waals surface area contributed by atoms with Gasteiger partial charge in [0.1, 0.15) is 0 Å². The molecule has 2 amide bonds. The zero-order valence-corrected chi connectivity index (χ0v) is 12.9. The lowest BCUT2D eigenvalue weighted by molar-refractivity contribution is -0.384. The smallest absolute Gasteiger partial charge is 0.409 e. The molecule has 1 aliphatic rings. The van der Waals surface area contributed by atoms with E-state index in [0.717, 1.165) is 0 Å². The second-order valence-electron chi connectivity index (χ2n) is 5.26. The van der Waals surface area contributed by atoms with E-state index < -0.39 is 4.92 Å². The van der Waals surface area contributed by atoms with Crippen molar-refractivity contribution in [2.45, 2.75) is 19.8 Å². The minimum Gasteiger partial charge on any atom is -0.450 e. The predicted molar refractivity (Wildman–Crippen MR) is 83.0 cm³/mol. The number of amides is 2. The molecule has 0 saturated carbocycles. The standard InChI is InChI=1S/C15H19N3O5/c1-2-23-15(20)17-8-6-11(7-9-17)14(19)16-12-4-3-5-13(10-12)18(21)22/h3-5,10-11H,2,6-9H2,1H3,(H,16,19). The van der Waals surface area contributed by atoms with Gasteiger partial charge in [-0.1, -0.05) is 6.07 Å². The molecular weight excluding hydrogens is 302 g/mol. The SMILES string of the molecule is CCOC(=O)N1CCC(C(=O)Nc2cccc([N+](=O)[O-])c2)CC1. The third kappa shape index (κ3) is 4.41. The van der Waals surface area contributed by atoms with Crippen LogP contribution in [0.1, 0.15) is 19.8 Å². The van der Waals surface area contributed by atoms with Gasteiger partial charge in [-0.15, -0.1) is 0 Å². The molecule has 0 radical (unpaired) electrons. The number of nitro groups is 1. The number of carbonyl (C=O) groups is 2. The molecule has 0 aromatic heterocycles. The summed E-state index contributed by atoms with van der Waals surface area (Å²) in [5.74, 6) is -0.408. The first-order valence-electron chi connectivity index (χ1n) is 7.48. The molecule has 1 aromatic rings. The highest BCUT2D eigenvalue weighted by molar-refractivity contribution is 5.93.